The van der Waals surface area contributed by atoms with Crippen LogP contribution in [0.3, 0.4) is 0 Å². The van der Waals surface area contributed by atoms with Gasteiger partial charge in [0.25, 0.3) is 0 Å². The Hall–Kier alpha value is -1.65. The van der Waals surface area contributed by atoms with E-state index in [4.69, 9.17) is 4.74 Å². The maximum atomic E-state index is 11.5. The maximum Gasteiger partial charge on any atom is 0.434 e. The summed E-state index contributed by atoms with van der Waals surface area (Å²) in [6, 6.07) is 0. The summed E-state index contributed by atoms with van der Waals surface area (Å²) in [6.45, 7) is 2.04. The van der Waals surface area contributed by atoms with E-state index in [1.807, 2.05) is 0 Å². The lowest BCUT2D eigenvalue weighted by atomic mass is 9.97. The van der Waals surface area contributed by atoms with Gasteiger partial charge in [0.15, 0.2) is 5.78 Å². The molecule has 0 fully saturated rings. The summed E-state index contributed by atoms with van der Waals surface area (Å²) in [4.78, 5) is 22.9. The summed E-state index contributed by atoms with van der Waals surface area (Å²) in [5.41, 5.74) is 1.25. The van der Waals surface area contributed by atoms with Crippen LogP contribution in [0.2, 0.25) is 0 Å². The van der Waals surface area contributed by atoms with Crippen LogP contribution in [0.15, 0.2) is 6.20 Å². The predicted molar refractivity (Wildman–Crippen MR) is 51.9 cm³/mol. The molecule has 15 heavy (non-hydrogen) atoms. The van der Waals surface area contributed by atoms with Crippen molar-refractivity contribution < 1.29 is 14.3 Å². The second kappa shape index (κ2) is 3.84. The summed E-state index contributed by atoms with van der Waals surface area (Å²) < 4.78 is 6.03. The van der Waals surface area contributed by atoms with E-state index >= 15 is 0 Å². The smallest absolute Gasteiger partial charge is 0.434 e. The van der Waals surface area contributed by atoms with Gasteiger partial charge < -0.3 is 4.74 Å². The molecule has 5 heteroatoms. The monoisotopic (exact) mass is 208 g/mol. The molecule has 0 spiro atoms. The van der Waals surface area contributed by atoms with Crippen molar-refractivity contribution in [2.24, 2.45) is 0 Å². The molecule has 1 aliphatic carbocycles. The zero-order valence-electron chi connectivity index (χ0n) is 8.52. The molecule has 1 heterocycles. The van der Waals surface area contributed by atoms with Gasteiger partial charge in [-0.2, -0.15) is 9.78 Å². The van der Waals surface area contributed by atoms with E-state index < -0.39 is 6.09 Å². The van der Waals surface area contributed by atoms with Gasteiger partial charge in [-0.3, -0.25) is 4.79 Å². The zero-order chi connectivity index (χ0) is 10.8. The van der Waals surface area contributed by atoms with Crippen LogP contribution in [0.1, 0.15) is 35.8 Å². The molecular formula is C10H12N2O3. The molecular weight excluding hydrogens is 196 g/mol. The minimum absolute atomic E-state index is 0.0619. The van der Waals surface area contributed by atoms with Crippen molar-refractivity contribution in [1.82, 2.24) is 9.78 Å². The number of carbonyl (C=O) groups excluding carboxylic acids is 2. The van der Waals surface area contributed by atoms with Gasteiger partial charge in [-0.1, -0.05) is 0 Å². The van der Waals surface area contributed by atoms with Crippen LogP contribution in [0.5, 0.6) is 0 Å². The molecule has 1 aromatic heterocycles. The number of fused-ring (bicyclic) bond motifs is 1. The maximum absolute atomic E-state index is 11.5. The van der Waals surface area contributed by atoms with E-state index in [2.05, 4.69) is 5.10 Å². The molecule has 0 bridgehead atoms. The van der Waals surface area contributed by atoms with E-state index in [0.717, 1.165) is 6.42 Å². The summed E-state index contributed by atoms with van der Waals surface area (Å²) >= 11 is 0. The van der Waals surface area contributed by atoms with Crippen LogP contribution >= 0.6 is 0 Å². The Morgan fingerprint density at radius 3 is 3.13 bits per heavy atom. The van der Waals surface area contributed by atoms with Gasteiger partial charge in [-0.25, -0.2) is 4.79 Å². The Bertz CT molecular complexity index is 409. The number of carbonyl (C=O) groups is 2. The second-order valence-electron chi connectivity index (χ2n) is 3.39. The third-order valence-electron chi connectivity index (χ3n) is 2.43. The van der Waals surface area contributed by atoms with E-state index in [0.29, 0.717) is 30.7 Å². The molecule has 0 amide bonds. The summed E-state index contributed by atoms with van der Waals surface area (Å²) in [5, 5.41) is 3.89. The third-order valence-corrected chi connectivity index (χ3v) is 2.43. The predicted octanol–water partition coefficient (Wildman–Crippen LogP) is 1.41. The van der Waals surface area contributed by atoms with E-state index in [1.54, 1.807) is 6.92 Å². The molecule has 0 aliphatic heterocycles. The number of hydrogen-bond acceptors (Lipinski definition) is 4. The fourth-order valence-corrected chi connectivity index (χ4v) is 1.74. The first-order chi connectivity index (χ1) is 7.24. The number of Topliss-reactive ketones (excluding diaryl/α,β-unsaturated/α-hetero) is 1. The fraction of sp³-hybridized carbons (Fsp3) is 0.500. The van der Waals surface area contributed by atoms with Crippen LogP contribution in [0.4, 0.5) is 4.79 Å². The first kappa shape index (κ1) is 9.89. The molecule has 0 radical (unpaired) electrons. The van der Waals surface area contributed by atoms with Crippen molar-refractivity contribution in [2.75, 3.05) is 6.61 Å². The Balaban J connectivity index is 2.34. The van der Waals surface area contributed by atoms with Crippen LogP contribution in [-0.4, -0.2) is 28.3 Å². The fourth-order valence-electron chi connectivity index (χ4n) is 1.74. The van der Waals surface area contributed by atoms with Crippen molar-refractivity contribution in [1.29, 1.82) is 0 Å². The third kappa shape index (κ3) is 1.65. The van der Waals surface area contributed by atoms with Crippen molar-refractivity contribution in [3.05, 3.63) is 17.5 Å². The molecule has 1 aromatic rings. The zero-order valence-corrected chi connectivity index (χ0v) is 8.52. The highest BCUT2D eigenvalue weighted by molar-refractivity contribution is 5.98. The average molecular weight is 208 g/mol. The standard InChI is InChI=1S/C10H12N2O3/c1-2-15-10(14)12-8-4-3-5-9(13)7(8)6-11-12/h6H,2-5H2,1H3. The van der Waals surface area contributed by atoms with Gasteiger partial charge in [0.2, 0.25) is 0 Å². The number of nitrogens with zero attached hydrogens (tertiary/aromatic N) is 2. The van der Waals surface area contributed by atoms with Crippen molar-refractivity contribution in [3.8, 4) is 0 Å². The number of hydrogen-bond donors (Lipinski definition) is 0. The lowest BCUT2D eigenvalue weighted by Gasteiger charge is -2.11. The topological polar surface area (TPSA) is 61.2 Å². The Kier molecular flexibility index (Phi) is 2.53. The number of ether oxygens (including phenoxy) is 1. The Labute approximate surface area is 87.0 Å². The lowest BCUT2D eigenvalue weighted by Crippen LogP contribution is -2.20. The first-order valence-electron chi connectivity index (χ1n) is 5.01. The summed E-state index contributed by atoms with van der Waals surface area (Å²) in [5.74, 6) is 0.0619. The minimum Gasteiger partial charge on any atom is -0.448 e. The Morgan fingerprint density at radius 1 is 1.60 bits per heavy atom. The number of aromatic nitrogens is 2. The number of ketones is 1. The highest BCUT2D eigenvalue weighted by Crippen LogP contribution is 2.20. The average Bonchev–Trinajstić information content (AvgIpc) is 2.63. The minimum atomic E-state index is -0.506. The Morgan fingerprint density at radius 2 is 2.40 bits per heavy atom. The molecule has 1 aliphatic rings. The van der Waals surface area contributed by atoms with Crippen molar-refractivity contribution in [3.63, 3.8) is 0 Å². The molecule has 2 rings (SSSR count). The molecule has 0 unspecified atom stereocenters. The SMILES string of the molecule is CCOC(=O)n1ncc2c1CCCC2=O. The van der Waals surface area contributed by atoms with Crippen LogP contribution in [0, 0.1) is 0 Å². The normalized spacial score (nSPS) is 14.9. The molecule has 0 saturated heterocycles. The highest BCUT2D eigenvalue weighted by Gasteiger charge is 2.24. The van der Waals surface area contributed by atoms with Gasteiger partial charge in [0.1, 0.15) is 0 Å². The van der Waals surface area contributed by atoms with Gasteiger partial charge in [0, 0.05) is 6.42 Å². The quantitative estimate of drug-likeness (QED) is 0.700. The summed E-state index contributed by atoms with van der Waals surface area (Å²) in [6.07, 6.45) is 2.97. The first-order valence-corrected chi connectivity index (χ1v) is 5.01. The highest BCUT2D eigenvalue weighted by atomic mass is 16.5. The summed E-state index contributed by atoms with van der Waals surface area (Å²) in [7, 11) is 0. The lowest BCUT2D eigenvalue weighted by molar-refractivity contribution is 0.0972. The van der Waals surface area contributed by atoms with E-state index in [1.165, 1.54) is 10.9 Å². The van der Waals surface area contributed by atoms with Crippen molar-refractivity contribution in [2.45, 2.75) is 26.2 Å². The molecule has 80 valence electrons. The molecule has 0 saturated carbocycles. The van der Waals surface area contributed by atoms with Gasteiger partial charge in [-0.05, 0) is 19.8 Å². The van der Waals surface area contributed by atoms with Gasteiger partial charge in [0.05, 0.1) is 24.1 Å². The van der Waals surface area contributed by atoms with E-state index in [-0.39, 0.29) is 5.78 Å². The van der Waals surface area contributed by atoms with Crippen molar-refractivity contribution >= 4 is 11.9 Å². The van der Waals surface area contributed by atoms with E-state index in [9.17, 15) is 9.59 Å². The van der Waals surface area contributed by atoms with Gasteiger partial charge >= 0.3 is 6.09 Å². The molecule has 0 N–H and O–H groups in total. The molecule has 0 aromatic carbocycles. The second-order valence-corrected chi connectivity index (χ2v) is 3.39. The van der Waals surface area contributed by atoms with Crippen LogP contribution < -0.4 is 0 Å². The largest absolute Gasteiger partial charge is 0.448 e. The number of rotatable bonds is 1. The van der Waals surface area contributed by atoms with Crippen LogP contribution in [-0.2, 0) is 11.2 Å². The molecule has 5 nitrogen and oxygen atoms in total. The molecule has 0 atom stereocenters. The van der Waals surface area contributed by atoms with Crippen LogP contribution in [0.25, 0.3) is 0 Å². The van der Waals surface area contributed by atoms with Gasteiger partial charge in [-0.15, -0.1) is 0 Å².